The van der Waals surface area contributed by atoms with E-state index in [1.165, 1.54) is 25.3 Å². The topological polar surface area (TPSA) is 133 Å². The standard InChI is InChI=1S/C18H14N4O5/c1-27-10-5-6-11-12(7-10)20-15-14(11)21-18(26)22(17(15)25)19-8-9-3-2-4-13(23)16(9)24/h2-8,20,23-24H,1H3,(H,21,26). The number of ether oxygens (including phenoxy) is 1. The maximum Gasteiger partial charge on any atom is 0.350 e. The average Bonchev–Trinajstić information content (AvgIpc) is 3.02. The number of benzene rings is 2. The van der Waals surface area contributed by atoms with Gasteiger partial charge in [-0.15, -0.1) is 4.68 Å². The van der Waals surface area contributed by atoms with Crippen LogP contribution in [0.25, 0.3) is 21.9 Å². The molecule has 0 aliphatic heterocycles. The molecule has 136 valence electrons. The van der Waals surface area contributed by atoms with Crippen LogP contribution < -0.4 is 16.0 Å². The molecule has 0 radical (unpaired) electrons. The Hall–Kier alpha value is -4.01. The number of methoxy groups -OCH3 is 1. The molecule has 4 rings (SSSR count). The lowest BCUT2D eigenvalue weighted by Gasteiger charge is -2.01. The molecular weight excluding hydrogens is 352 g/mol. The summed E-state index contributed by atoms with van der Waals surface area (Å²) in [6.07, 6.45) is 1.11. The molecular formula is C18H14N4O5. The summed E-state index contributed by atoms with van der Waals surface area (Å²) in [4.78, 5) is 30.6. The van der Waals surface area contributed by atoms with Crippen molar-refractivity contribution < 1.29 is 14.9 Å². The molecule has 2 heterocycles. The van der Waals surface area contributed by atoms with E-state index in [-0.39, 0.29) is 16.8 Å². The van der Waals surface area contributed by atoms with Crippen LogP contribution >= 0.6 is 0 Å². The third-order valence-electron chi connectivity index (χ3n) is 4.19. The second-order valence-corrected chi connectivity index (χ2v) is 5.79. The second kappa shape index (κ2) is 6.06. The minimum Gasteiger partial charge on any atom is -0.504 e. The number of nitrogens with zero attached hydrogens (tertiary/aromatic N) is 2. The van der Waals surface area contributed by atoms with E-state index in [9.17, 15) is 19.8 Å². The van der Waals surface area contributed by atoms with E-state index < -0.39 is 17.0 Å². The zero-order valence-corrected chi connectivity index (χ0v) is 14.1. The van der Waals surface area contributed by atoms with Crippen molar-refractivity contribution in [3.8, 4) is 17.2 Å². The van der Waals surface area contributed by atoms with Crippen molar-refractivity contribution in [3.05, 3.63) is 62.8 Å². The summed E-state index contributed by atoms with van der Waals surface area (Å²) in [5.41, 5.74) is -0.0587. The molecule has 27 heavy (non-hydrogen) atoms. The second-order valence-electron chi connectivity index (χ2n) is 5.79. The van der Waals surface area contributed by atoms with Crippen LogP contribution in [-0.4, -0.2) is 38.2 Å². The molecule has 0 spiro atoms. The number of fused-ring (bicyclic) bond motifs is 3. The Labute approximate surface area is 150 Å². The van der Waals surface area contributed by atoms with Crippen molar-refractivity contribution in [2.45, 2.75) is 0 Å². The zero-order valence-electron chi connectivity index (χ0n) is 14.1. The molecule has 0 saturated heterocycles. The molecule has 2 aromatic carbocycles. The highest BCUT2D eigenvalue weighted by Gasteiger charge is 2.13. The van der Waals surface area contributed by atoms with Gasteiger partial charge in [-0.2, -0.15) is 5.10 Å². The molecule has 0 amide bonds. The number of aromatic amines is 2. The number of nitrogens with one attached hydrogen (secondary N) is 2. The molecule has 0 atom stereocenters. The van der Waals surface area contributed by atoms with Crippen LogP contribution in [0, 0.1) is 0 Å². The first kappa shape index (κ1) is 16.5. The summed E-state index contributed by atoms with van der Waals surface area (Å²) in [5.74, 6) is -0.126. The van der Waals surface area contributed by atoms with Crippen molar-refractivity contribution in [2.24, 2.45) is 5.10 Å². The molecule has 2 aromatic heterocycles. The molecule has 0 fully saturated rings. The highest BCUT2D eigenvalue weighted by Crippen LogP contribution is 2.27. The Morgan fingerprint density at radius 3 is 2.70 bits per heavy atom. The normalized spacial score (nSPS) is 11.6. The lowest BCUT2D eigenvalue weighted by Crippen LogP contribution is -2.32. The summed E-state index contributed by atoms with van der Waals surface area (Å²) in [6.45, 7) is 0. The van der Waals surface area contributed by atoms with Crippen LogP contribution in [0.2, 0.25) is 0 Å². The Balaban J connectivity index is 1.90. The van der Waals surface area contributed by atoms with Gasteiger partial charge in [0.1, 0.15) is 11.3 Å². The van der Waals surface area contributed by atoms with E-state index in [0.29, 0.717) is 26.8 Å². The van der Waals surface area contributed by atoms with E-state index >= 15 is 0 Å². The Morgan fingerprint density at radius 2 is 1.93 bits per heavy atom. The lowest BCUT2D eigenvalue weighted by atomic mass is 10.2. The van der Waals surface area contributed by atoms with Crippen molar-refractivity contribution in [2.75, 3.05) is 7.11 Å². The average molecular weight is 366 g/mol. The number of H-pyrrole nitrogens is 2. The number of rotatable bonds is 3. The van der Waals surface area contributed by atoms with Gasteiger partial charge in [-0.3, -0.25) is 4.79 Å². The predicted molar refractivity (Wildman–Crippen MR) is 100 cm³/mol. The van der Waals surface area contributed by atoms with Gasteiger partial charge in [-0.25, -0.2) is 4.79 Å². The number of para-hydroxylation sites is 1. The summed E-state index contributed by atoms with van der Waals surface area (Å²) in [5, 5.41) is 23.8. The number of aromatic hydroxyl groups is 2. The van der Waals surface area contributed by atoms with Gasteiger partial charge in [-0.1, -0.05) is 6.07 Å². The maximum absolute atomic E-state index is 12.7. The number of hydrogen-bond acceptors (Lipinski definition) is 6. The number of phenols is 2. The molecule has 0 unspecified atom stereocenters. The molecule has 4 aromatic rings. The first-order chi connectivity index (χ1) is 13.0. The summed E-state index contributed by atoms with van der Waals surface area (Å²) in [7, 11) is 1.53. The fourth-order valence-corrected chi connectivity index (χ4v) is 2.83. The minimum atomic E-state index is -0.736. The predicted octanol–water partition coefficient (Wildman–Crippen LogP) is 1.47. The Bertz CT molecular complexity index is 1330. The van der Waals surface area contributed by atoms with Gasteiger partial charge < -0.3 is 24.9 Å². The highest BCUT2D eigenvalue weighted by atomic mass is 16.5. The molecule has 0 saturated carbocycles. The molecule has 0 aliphatic rings. The Morgan fingerprint density at radius 1 is 1.11 bits per heavy atom. The van der Waals surface area contributed by atoms with Crippen molar-refractivity contribution in [3.63, 3.8) is 0 Å². The van der Waals surface area contributed by atoms with Crippen LogP contribution in [0.4, 0.5) is 0 Å². The number of aromatic nitrogens is 3. The highest BCUT2D eigenvalue weighted by molar-refractivity contribution is 6.04. The summed E-state index contributed by atoms with van der Waals surface area (Å²) in [6, 6.07) is 9.45. The molecule has 0 aliphatic carbocycles. The number of phenolic OH excluding ortho intramolecular Hbond substituents is 2. The third-order valence-corrected chi connectivity index (χ3v) is 4.19. The Kier molecular flexibility index (Phi) is 3.69. The van der Waals surface area contributed by atoms with E-state index in [4.69, 9.17) is 4.74 Å². The molecule has 9 heteroatoms. The lowest BCUT2D eigenvalue weighted by molar-refractivity contribution is 0.403. The van der Waals surface area contributed by atoms with Crippen molar-refractivity contribution >= 4 is 28.2 Å². The van der Waals surface area contributed by atoms with Crippen LogP contribution in [0.1, 0.15) is 5.56 Å². The van der Waals surface area contributed by atoms with Crippen LogP contribution in [0.5, 0.6) is 17.2 Å². The quantitative estimate of drug-likeness (QED) is 0.322. The van der Waals surface area contributed by atoms with Crippen LogP contribution in [0.3, 0.4) is 0 Å². The van der Waals surface area contributed by atoms with E-state index in [2.05, 4.69) is 15.1 Å². The number of hydrogen-bond donors (Lipinski definition) is 4. The fraction of sp³-hybridized carbons (Fsp3) is 0.0556. The molecule has 9 nitrogen and oxygen atoms in total. The van der Waals surface area contributed by atoms with E-state index in [0.717, 1.165) is 6.21 Å². The minimum absolute atomic E-state index is 0.155. The monoisotopic (exact) mass is 366 g/mol. The summed E-state index contributed by atoms with van der Waals surface area (Å²) < 4.78 is 5.80. The van der Waals surface area contributed by atoms with E-state index in [1.54, 1.807) is 18.2 Å². The van der Waals surface area contributed by atoms with E-state index in [1.807, 2.05) is 0 Å². The first-order valence-corrected chi connectivity index (χ1v) is 7.89. The van der Waals surface area contributed by atoms with Crippen LogP contribution in [-0.2, 0) is 0 Å². The van der Waals surface area contributed by atoms with Gasteiger partial charge in [0.15, 0.2) is 11.5 Å². The van der Waals surface area contributed by atoms with Gasteiger partial charge in [0.05, 0.1) is 24.4 Å². The molecule has 4 N–H and O–H groups in total. The van der Waals surface area contributed by atoms with Gasteiger partial charge in [0.2, 0.25) is 0 Å². The summed E-state index contributed by atoms with van der Waals surface area (Å²) >= 11 is 0. The maximum atomic E-state index is 12.7. The smallest absolute Gasteiger partial charge is 0.350 e. The van der Waals surface area contributed by atoms with Gasteiger partial charge >= 0.3 is 11.2 Å². The SMILES string of the molecule is COc1ccc2c(c1)[nH]c1c(=O)n(N=Cc3cccc(O)c3O)c(=O)[nH]c12. The van der Waals surface area contributed by atoms with Gasteiger partial charge in [-0.05, 0) is 24.3 Å². The van der Waals surface area contributed by atoms with Gasteiger partial charge in [0, 0.05) is 17.0 Å². The van der Waals surface area contributed by atoms with Crippen molar-refractivity contribution in [1.29, 1.82) is 0 Å². The molecule has 0 bridgehead atoms. The fourth-order valence-electron chi connectivity index (χ4n) is 2.83. The zero-order chi connectivity index (χ0) is 19.1. The first-order valence-electron chi connectivity index (χ1n) is 7.89. The third kappa shape index (κ3) is 2.61. The largest absolute Gasteiger partial charge is 0.504 e. The van der Waals surface area contributed by atoms with Crippen LogP contribution in [0.15, 0.2) is 51.1 Å². The van der Waals surface area contributed by atoms with Gasteiger partial charge in [0.25, 0.3) is 0 Å². The van der Waals surface area contributed by atoms with Crippen molar-refractivity contribution in [1.82, 2.24) is 14.6 Å².